The zero-order chi connectivity index (χ0) is 17.2. The summed E-state index contributed by atoms with van der Waals surface area (Å²) in [5.74, 6) is 0. The van der Waals surface area contributed by atoms with Gasteiger partial charge in [0.15, 0.2) is 0 Å². The van der Waals surface area contributed by atoms with Crippen LogP contribution in [0.5, 0.6) is 0 Å². The van der Waals surface area contributed by atoms with E-state index in [2.05, 4.69) is 58.4 Å². The van der Waals surface area contributed by atoms with Crippen LogP contribution in [0, 0.1) is 0 Å². The maximum atomic E-state index is 5.71. The van der Waals surface area contributed by atoms with Crippen LogP contribution in [0.1, 0.15) is 11.1 Å². The molecule has 0 radical (unpaired) electrons. The zero-order valence-electron chi connectivity index (χ0n) is 13.3. The van der Waals surface area contributed by atoms with Gasteiger partial charge in [-0.15, -0.1) is 11.3 Å². The summed E-state index contributed by atoms with van der Waals surface area (Å²) in [5, 5.41) is 1.04. The van der Waals surface area contributed by atoms with Crippen LogP contribution in [-0.2, 0) is 0 Å². The molecule has 4 heteroatoms. The first-order chi connectivity index (χ1) is 12.2. The van der Waals surface area contributed by atoms with E-state index in [9.17, 15) is 0 Å². The number of benzene rings is 3. The van der Waals surface area contributed by atoms with E-state index in [1.807, 2.05) is 36.4 Å². The summed E-state index contributed by atoms with van der Waals surface area (Å²) in [6.07, 6.45) is 4.19. The van der Waals surface area contributed by atoms with Crippen molar-refractivity contribution >= 4 is 55.3 Å². The molecule has 1 aromatic heterocycles. The minimum atomic E-state index is 0.782. The molecular weight excluding hydrogens is 392 g/mol. The Labute approximate surface area is 158 Å². The fourth-order valence-electron chi connectivity index (χ4n) is 2.56. The van der Waals surface area contributed by atoms with Gasteiger partial charge in [0.25, 0.3) is 0 Å². The molecular formula is C21H15BrN2S. The third-order valence-electron chi connectivity index (χ3n) is 3.91. The Balaban J connectivity index is 1.57. The van der Waals surface area contributed by atoms with Crippen molar-refractivity contribution in [3.05, 3.63) is 82.3 Å². The van der Waals surface area contributed by atoms with Crippen molar-refractivity contribution in [3.63, 3.8) is 0 Å². The first-order valence-electron chi connectivity index (χ1n) is 7.87. The topological polar surface area (TPSA) is 38.9 Å². The molecule has 0 spiro atoms. The van der Waals surface area contributed by atoms with Crippen molar-refractivity contribution < 1.29 is 0 Å². The van der Waals surface area contributed by atoms with Gasteiger partial charge in [-0.1, -0.05) is 64.5 Å². The summed E-state index contributed by atoms with van der Waals surface area (Å²) in [5.41, 5.74) is 11.0. The van der Waals surface area contributed by atoms with E-state index in [-0.39, 0.29) is 0 Å². The van der Waals surface area contributed by atoms with Crippen molar-refractivity contribution in [1.29, 1.82) is 0 Å². The summed E-state index contributed by atoms with van der Waals surface area (Å²) in [4.78, 5) is 4.72. The largest absolute Gasteiger partial charge is 0.399 e. The second kappa shape index (κ2) is 6.82. The highest BCUT2D eigenvalue weighted by atomic mass is 79.9. The standard InChI is InChI=1S/C21H15BrN2S/c22-17-9-12-19-20(13-17)25-21(24-19)16-7-3-14(4-8-16)1-2-15-5-10-18(23)11-6-15/h1-13H,23H2/b2-1+. The smallest absolute Gasteiger partial charge is 0.124 e. The van der Waals surface area contributed by atoms with E-state index in [0.717, 1.165) is 37.4 Å². The van der Waals surface area contributed by atoms with Gasteiger partial charge >= 0.3 is 0 Å². The van der Waals surface area contributed by atoms with E-state index in [0.29, 0.717) is 0 Å². The van der Waals surface area contributed by atoms with E-state index in [1.165, 1.54) is 4.70 Å². The highest BCUT2D eigenvalue weighted by Gasteiger charge is 2.06. The van der Waals surface area contributed by atoms with Crippen LogP contribution in [-0.4, -0.2) is 4.98 Å². The van der Waals surface area contributed by atoms with Crippen LogP contribution in [0.15, 0.2) is 71.2 Å². The van der Waals surface area contributed by atoms with Gasteiger partial charge < -0.3 is 5.73 Å². The number of nitrogens with zero attached hydrogens (tertiary/aromatic N) is 1. The lowest BCUT2D eigenvalue weighted by molar-refractivity contribution is 1.47. The molecule has 0 fully saturated rings. The quantitative estimate of drug-likeness (QED) is 0.312. The Bertz CT molecular complexity index is 1050. The molecule has 4 aromatic rings. The molecule has 122 valence electrons. The lowest BCUT2D eigenvalue weighted by Crippen LogP contribution is -1.82. The van der Waals surface area contributed by atoms with Gasteiger partial charge in [-0.05, 0) is 41.5 Å². The van der Waals surface area contributed by atoms with Crippen LogP contribution in [0.3, 0.4) is 0 Å². The van der Waals surface area contributed by atoms with Gasteiger partial charge in [0.05, 0.1) is 10.2 Å². The molecule has 2 N–H and O–H groups in total. The van der Waals surface area contributed by atoms with E-state index >= 15 is 0 Å². The molecule has 1 heterocycles. The number of rotatable bonds is 3. The lowest BCUT2D eigenvalue weighted by atomic mass is 10.1. The number of aromatic nitrogens is 1. The number of fused-ring (bicyclic) bond motifs is 1. The highest BCUT2D eigenvalue weighted by molar-refractivity contribution is 9.10. The summed E-state index contributed by atoms with van der Waals surface area (Å²) >= 11 is 5.22. The molecule has 0 bridgehead atoms. The molecule has 3 aromatic carbocycles. The van der Waals surface area contributed by atoms with Crippen molar-refractivity contribution in [2.45, 2.75) is 0 Å². The monoisotopic (exact) mass is 406 g/mol. The molecule has 4 rings (SSSR count). The summed E-state index contributed by atoms with van der Waals surface area (Å²) in [7, 11) is 0. The van der Waals surface area contributed by atoms with E-state index < -0.39 is 0 Å². The molecule has 0 atom stereocenters. The SMILES string of the molecule is Nc1ccc(/C=C/c2ccc(-c3nc4ccc(Br)cc4s3)cc2)cc1. The molecule has 25 heavy (non-hydrogen) atoms. The summed E-state index contributed by atoms with van der Waals surface area (Å²) in [6.45, 7) is 0. The fraction of sp³-hybridized carbons (Fsp3) is 0. The van der Waals surface area contributed by atoms with E-state index in [1.54, 1.807) is 11.3 Å². The van der Waals surface area contributed by atoms with Gasteiger partial charge in [0.1, 0.15) is 5.01 Å². The second-order valence-corrected chi connectivity index (χ2v) is 7.70. The lowest BCUT2D eigenvalue weighted by Gasteiger charge is -1.98. The van der Waals surface area contributed by atoms with Crippen LogP contribution >= 0.6 is 27.3 Å². The third kappa shape index (κ3) is 3.65. The number of nitrogens with two attached hydrogens (primary N) is 1. The summed E-state index contributed by atoms with van der Waals surface area (Å²) in [6, 6.07) is 22.5. The molecule has 0 aliphatic heterocycles. The molecule has 0 aliphatic rings. The van der Waals surface area contributed by atoms with Crippen LogP contribution in [0.2, 0.25) is 0 Å². The first-order valence-corrected chi connectivity index (χ1v) is 9.48. The number of hydrogen-bond donors (Lipinski definition) is 1. The predicted octanol–water partition coefficient (Wildman–Crippen LogP) is 6.48. The highest BCUT2D eigenvalue weighted by Crippen LogP contribution is 2.32. The third-order valence-corrected chi connectivity index (χ3v) is 5.47. The predicted molar refractivity (Wildman–Crippen MR) is 113 cm³/mol. The van der Waals surface area contributed by atoms with Crippen LogP contribution in [0.4, 0.5) is 5.69 Å². The van der Waals surface area contributed by atoms with Crippen LogP contribution in [0.25, 0.3) is 32.9 Å². The number of nitrogen functional groups attached to an aromatic ring is 1. The van der Waals surface area contributed by atoms with E-state index in [4.69, 9.17) is 10.7 Å². The number of halogens is 1. The maximum Gasteiger partial charge on any atom is 0.124 e. The van der Waals surface area contributed by atoms with Crippen molar-refractivity contribution in [2.75, 3.05) is 5.73 Å². The molecule has 0 unspecified atom stereocenters. The molecule has 0 aliphatic carbocycles. The Hall–Kier alpha value is -2.43. The minimum Gasteiger partial charge on any atom is -0.399 e. The Morgan fingerprint density at radius 3 is 2.16 bits per heavy atom. The van der Waals surface area contributed by atoms with Gasteiger partial charge in [0, 0.05) is 15.7 Å². The second-order valence-electron chi connectivity index (χ2n) is 5.75. The molecule has 0 amide bonds. The van der Waals surface area contributed by atoms with Gasteiger partial charge in [-0.2, -0.15) is 0 Å². The van der Waals surface area contributed by atoms with Gasteiger partial charge in [0.2, 0.25) is 0 Å². The van der Waals surface area contributed by atoms with Crippen molar-refractivity contribution in [3.8, 4) is 10.6 Å². The number of thiazole rings is 1. The van der Waals surface area contributed by atoms with Crippen molar-refractivity contribution in [2.24, 2.45) is 0 Å². The Kier molecular flexibility index (Phi) is 4.38. The average Bonchev–Trinajstić information content (AvgIpc) is 3.05. The minimum absolute atomic E-state index is 0.782. The van der Waals surface area contributed by atoms with Crippen molar-refractivity contribution in [1.82, 2.24) is 4.98 Å². The normalized spacial score (nSPS) is 11.4. The summed E-state index contributed by atoms with van der Waals surface area (Å²) < 4.78 is 2.27. The molecule has 2 nitrogen and oxygen atoms in total. The van der Waals surface area contributed by atoms with Crippen LogP contribution < -0.4 is 5.73 Å². The van der Waals surface area contributed by atoms with Gasteiger partial charge in [-0.3, -0.25) is 0 Å². The van der Waals surface area contributed by atoms with Gasteiger partial charge in [-0.25, -0.2) is 4.98 Å². The number of hydrogen-bond acceptors (Lipinski definition) is 3. The first kappa shape index (κ1) is 16.1. The Morgan fingerprint density at radius 2 is 1.48 bits per heavy atom. The fourth-order valence-corrected chi connectivity index (χ4v) is 4.08. The number of anilines is 1. The average molecular weight is 407 g/mol. The Morgan fingerprint density at radius 1 is 0.840 bits per heavy atom. The maximum absolute atomic E-state index is 5.71. The zero-order valence-corrected chi connectivity index (χ0v) is 15.7. The molecule has 0 saturated carbocycles. The molecule has 0 saturated heterocycles.